The lowest BCUT2D eigenvalue weighted by molar-refractivity contribution is 0.0214. The van der Waals surface area contributed by atoms with Crippen LogP contribution in [0.3, 0.4) is 0 Å². The standard InChI is InChI=1S/C20H22BrCl2N5O2/c1-20(2,3)30-19(29)28-8-10-6-11(28)7-27(10)17-16-15(25-18(23)26-17)13(22)12(21)14(24-16)9-4-5-9/h9-11H,4-8H2,1-3H3/t10-,11-/m0/s1. The highest BCUT2D eigenvalue weighted by Gasteiger charge is 2.47. The maximum absolute atomic E-state index is 12.6. The number of aromatic nitrogens is 3. The zero-order valence-corrected chi connectivity index (χ0v) is 20.1. The number of amides is 1. The van der Waals surface area contributed by atoms with Crippen LogP contribution in [-0.4, -0.2) is 56.7 Å². The van der Waals surface area contributed by atoms with E-state index in [-0.39, 0.29) is 23.5 Å². The van der Waals surface area contributed by atoms with Gasteiger partial charge < -0.3 is 14.5 Å². The van der Waals surface area contributed by atoms with E-state index in [4.69, 9.17) is 32.9 Å². The molecular formula is C20H22BrCl2N5O2. The summed E-state index contributed by atoms with van der Waals surface area (Å²) in [7, 11) is 0. The average molecular weight is 515 g/mol. The molecule has 30 heavy (non-hydrogen) atoms. The normalized spacial score (nSPS) is 23.5. The number of hydrogen-bond acceptors (Lipinski definition) is 6. The second-order valence-corrected chi connectivity index (χ2v) is 10.8. The highest BCUT2D eigenvalue weighted by molar-refractivity contribution is 9.10. The number of fused-ring (bicyclic) bond motifs is 3. The van der Waals surface area contributed by atoms with Crippen molar-refractivity contribution in [3.63, 3.8) is 0 Å². The van der Waals surface area contributed by atoms with Gasteiger partial charge in [0, 0.05) is 19.0 Å². The Hall–Kier alpha value is -1.38. The van der Waals surface area contributed by atoms with E-state index in [9.17, 15) is 4.79 Å². The number of ether oxygens (including phenoxy) is 1. The number of pyridine rings is 1. The molecular weight excluding hydrogens is 493 g/mol. The first-order valence-electron chi connectivity index (χ1n) is 10.1. The average Bonchev–Trinajstić information content (AvgIpc) is 3.30. The molecule has 3 aliphatic rings. The van der Waals surface area contributed by atoms with Crippen molar-refractivity contribution in [1.82, 2.24) is 19.9 Å². The molecule has 3 fully saturated rings. The van der Waals surface area contributed by atoms with E-state index in [2.05, 4.69) is 30.8 Å². The number of carbonyl (C=O) groups excluding carboxylic acids is 1. The fourth-order valence-corrected chi connectivity index (χ4v) is 5.35. The molecule has 1 saturated carbocycles. The van der Waals surface area contributed by atoms with E-state index in [1.807, 2.05) is 25.7 Å². The van der Waals surface area contributed by atoms with Crippen LogP contribution in [0.5, 0.6) is 0 Å². The second-order valence-electron chi connectivity index (χ2n) is 9.24. The Balaban J connectivity index is 1.49. The van der Waals surface area contributed by atoms with Crippen molar-refractivity contribution in [3.8, 4) is 0 Å². The first-order chi connectivity index (χ1) is 14.1. The van der Waals surface area contributed by atoms with Crippen molar-refractivity contribution in [2.45, 2.75) is 63.6 Å². The molecule has 5 rings (SSSR count). The highest BCUT2D eigenvalue weighted by atomic mass is 79.9. The SMILES string of the molecule is CC(C)(C)OC(=O)N1C[C@@H]2C[C@H]1CN2c1nc(Cl)nc2c(Cl)c(Br)c(C3CC3)nc12. The van der Waals surface area contributed by atoms with Crippen LogP contribution in [0.25, 0.3) is 11.0 Å². The maximum atomic E-state index is 12.6. The van der Waals surface area contributed by atoms with Crippen molar-refractivity contribution in [2.75, 3.05) is 18.0 Å². The Kier molecular flexibility index (Phi) is 4.83. The van der Waals surface area contributed by atoms with Gasteiger partial charge in [0.05, 0.1) is 27.3 Å². The summed E-state index contributed by atoms with van der Waals surface area (Å²) >= 11 is 16.5. The summed E-state index contributed by atoms with van der Waals surface area (Å²) in [6.07, 6.45) is 2.82. The summed E-state index contributed by atoms with van der Waals surface area (Å²) in [6.45, 7) is 6.88. The van der Waals surface area contributed by atoms with Crippen LogP contribution in [0.15, 0.2) is 4.47 Å². The van der Waals surface area contributed by atoms with E-state index in [0.29, 0.717) is 40.9 Å². The quantitative estimate of drug-likeness (QED) is 0.515. The van der Waals surface area contributed by atoms with Crippen LogP contribution >= 0.6 is 39.1 Å². The van der Waals surface area contributed by atoms with Gasteiger partial charge >= 0.3 is 6.09 Å². The Morgan fingerprint density at radius 3 is 2.43 bits per heavy atom. The van der Waals surface area contributed by atoms with Crippen molar-refractivity contribution in [3.05, 3.63) is 20.5 Å². The molecule has 2 atom stereocenters. The van der Waals surface area contributed by atoms with Gasteiger partial charge in [0.2, 0.25) is 5.28 Å². The summed E-state index contributed by atoms with van der Waals surface area (Å²) in [5.74, 6) is 1.11. The van der Waals surface area contributed by atoms with Gasteiger partial charge in [-0.2, -0.15) is 4.98 Å². The molecule has 1 aliphatic carbocycles. The predicted molar refractivity (Wildman–Crippen MR) is 120 cm³/mol. The minimum absolute atomic E-state index is 0.0717. The van der Waals surface area contributed by atoms with Crippen LogP contribution in [-0.2, 0) is 4.74 Å². The van der Waals surface area contributed by atoms with Gasteiger partial charge in [0.15, 0.2) is 5.82 Å². The van der Waals surface area contributed by atoms with Crippen molar-refractivity contribution in [2.24, 2.45) is 0 Å². The molecule has 2 bridgehead atoms. The lowest BCUT2D eigenvalue weighted by Gasteiger charge is -2.36. The van der Waals surface area contributed by atoms with Gasteiger partial charge in [-0.3, -0.25) is 0 Å². The Bertz CT molecular complexity index is 1060. The fourth-order valence-electron chi connectivity index (χ4n) is 4.36. The molecule has 1 amide bonds. The number of piperazine rings is 1. The third-order valence-electron chi connectivity index (χ3n) is 5.80. The Morgan fingerprint density at radius 2 is 1.83 bits per heavy atom. The van der Waals surface area contributed by atoms with E-state index in [1.54, 1.807) is 0 Å². The highest BCUT2D eigenvalue weighted by Crippen LogP contribution is 2.47. The smallest absolute Gasteiger partial charge is 0.410 e. The fraction of sp³-hybridized carbons (Fsp3) is 0.600. The summed E-state index contributed by atoms with van der Waals surface area (Å²) in [6, 6.07) is 0.202. The number of anilines is 1. The molecule has 0 N–H and O–H groups in total. The second kappa shape index (κ2) is 7.07. The van der Waals surface area contributed by atoms with Crippen molar-refractivity contribution < 1.29 is 9.53 Å². The van der Waals surface area contributed by atoms with Crippen LogP contribution in [0.2, 0.25) is 10.3 Å². The summed E-state index contributed by atoms with van der Waals surface area (Å²) in [4.78, 5) is 30.4. The van der Waals surface area contributed by atoms with Crippen LogP contribution in [0.4, 0.5) is 10.6 Å². The van der Waals surface area contributed by atoms with E-state index in [0.717, 1.165) is 29.4 Å². The van der Waals surface area contributed by atoms with Crippen LogP contribution < -0.4 is 4.90 Å². The first-order valence-corrected chi connectivity index (χ1v) is 11.7. The molecule has 0 aromatic carbocycles. The lowest BCUT2D eigenvalue weighted by Crippen LogP contribution is -2.50. The first kappa shape index (κ1) is 20.5. The topological polar surface area (TPSA) is 71.5 Å². The summed E-state index contributed by atoms with van der Waals surface area (Å²) in [5.41, 5.74) is 1.67. The van der Waals surface area contributed by atoms with Gasteiger partial charge in [-0.15, -0.1) is 0 Å². The maximum Gasteiger partial charge on any atom is 0.410 e. The molecule has 160 valence electrons. The monoisotopic (exact) mass is 513 g/mol. The Morgan fingerprint density at radius 1 is 1.10 bits per heavy atom. The number of hydrogen-bond donors (Lipinski definition) is 0. The molecule has 0 unspecified atom stereocenters. The largest absolute Gasteiger partial charge is 0.444 e. The molecule has 2 aromatic rings. The van der Waals surface area contributed by atoms with Gasteiger partial charge in [0.25, 0.3) is 0 Å². The number of carbonyl (C=O) groups is 1. The molecule has 4 heterocycles. The molecule has 10 heteroatoms. The van der Waals surface area contributed by atoms with Gasteiger partial charge in [0.1, 0.15) is 16.6 Å². The third kappa shape index (κ3) is 3.50. The summed E-state index contributed by atoms with van der Waals surface area (Å²) in [5, 5.41) is 0.659. The van der Waals surface area contributed by atoms with Crippen molar-refractivity contribution in [1.29, 1.82) is 0 Å². The van der Waals surface area contributed by atoms with Crippen molar-refractivity contribution >= 4 is 62.1 Å². The molecule has 0 radical (unpaired) electrons. The number of rotatable bonds is 2. The minimum Gasteiger partial charge on any atom is -0.444 e. The number of nitrogens with zero attached hydrogens (tertiary/aromatic N) is 5. The number of halogens is 3. The molecule has 2 aromatic heterocycles. The van der Waals surface area contributed by atoms with Gasteiger partial charge in [-0.1, -0.05) is 11.6 Å². The molecule has 0 spiro atoms. The zero-order valence-electron chi connectivity index (χ0n) is 17.0. The minimum atomic E-state index is -0.512. The molecule has 7 nitrogen and oxygen atoms in total. The van der Waals surface area contributed by atoms with Gasteiger partial charge in [-0.05, 0) is 67.6 Å². The zero-order chi connectivity index (χ0) is 21.4. The van der Waals surface area contributed by atoms with Crippen LogP contribution in [0, 0.1) is 0 Å². The number of likely N-dealkylation sites (tertiary alicyclic amines) is 1. The van der Waals surface area contributed by atoms with E-state index in [1.165, 1.54) is 0 Å². The Labute approximate surface area is 193 Å². The van der Waals surface area contributed by atoms with E-state index < -0.39 is 5.60 Å². The summed E-state index contributed by atoms with van der Waals surface area (Å²) < 4.78 is 6.36. The molecule has 2 aliphatic heterocycles. The van der Waals surface area contributed by atoms with Crippen LogP contribution in [0.1, 0.15) is 51.6 Å². The predicted octanol–water partition coefficient (Wildman–Crippen LogP) is 5.17. The molecule has 2 saturated heterocycles. The van der Waals surface area contributed by atoms with Gasteiger partial charge in [-0.25, -0.2) is 14.8 Å². The van der Waals surface area contributed by atoms with E-state index >= 15 is 0 Å². The third-order valence-corrected chi connectivity index (χ3v) is 7.37. The lowest BCUT2D eigenvalue weighted by atomic mass is 10.2.